The van der Waals surface area contributed by atoms with Crippen molar-refractivity contribution in [1.29, 1.82) is 0 Å². The van der Waals surface area contributed by atoms with Crippen molar-refractivity contribution >= 4 is 0 Å². The summed E-state index contributed by atoms with van der Waals surface area (Å²) in [6.45, 7) is 6.09. The van der Waals surface area contributed by atoms with Crippen LogP contribution in [0, 0.1) is 6.92 Å². The van der Waals surface area contributed by atoms with Gasteiger partial charge < -0.3 is 5.11 Å². The molecule has 1 unspecified atom stereocenters. The van der Waals surface area contributed by atoms with Gasteiger partial charge in [-0.3, -0.25) is 9.80 Å². The molecule has 0 amide bonds. The van der Waals surface area contributed by atoms with Crippen molar-refractivity contribution in [3.63, 3.8) is 0 Å². The molecule has 0 saturated carbocycles. The largest absolute Gasteiger partial charge is 0.381 e. The molecule has 1 atom stereocenters. The van der Waals surface area contributed by atoms with Crippen LogP contribution >= 0.6 is 0 Å². The van der Waals surface area contributed by atoms with Crippen molar-refractivity contribution in [2.24, 2.45) is 0 Å². The van der Waals surface area contributed by atoms with E-state index in [-0.39, 0.29) is 6.73 Å². The van der Waals surface area contributed by atoms with Crippen LogP contribution in [0.25, 0.3) is 0 Å². The summed E-state index contributed by atoms with van der Waals surface area (Å²) in [5.41, 5.74) is 3.97. The van der Waals surface area contributed by atoms with Crippen LogP contribution in [0.5, 0.6) is 0 Å². The molecule has 3 nitrogen and oxygen atoms in total. The number of rotatable bonds is 4. The maximum absolute atomic E-state index is 9.29. The number of aliphatic hydroxyl groups excluding tert-OH is 1. The van der Waals surface area contributed by atoms with Crippen LogP contribution in [-0.4, -0.2) is 47.8 Å². The highest BCUT2D eigenvalue weighted by Crippen LogP contribution is 2.29. The molecule has 0 aromatic heterocycles. The van der Waals surface area contributed by atoms with Crippen LogP contribution in [0.4, 0.5) is 0 Å². The summed E-state index contributed by atoms with van der Waals surface area (Å²) in [6, 6.07) is 19.9. The minimum atomic E-state index is 0.161. The highest BCUT2D eigenvalue weighted by atomic mass is 16.3. The van der Waals surface area contributed by atoms with Crippen LogP contribution in [0.1, 0.15) is 22.7 Å². The normalized spacial score (nSPS) is 18.3. The molecule has 3 rings (SSSR count). The Morgan fingerprint density at radius 3 is 2.05 bits per heavy atom. The van der Waals surface area contributed by atoms with E-state index in [1.165, 1.54) is 16.7 Å². The van der Waals surface area contributed by atoms with Gasteiger partial charge in [-0.2, -0.15) is 0 Å². The predicted octanol–water partition coefficient (Wildman–Crippen LogP) is 2.65. The molecule has 3 heteroatoms. The molecule has 116 valence electrons. The molecular weight excluding hydrogens is 272 g/mol. The zero-order valence-electron chi connectivity index (χ0n) is 13.2. The van der Waals surface area contributed by atoms with Gasteiger partial charge in [-0.1, -0.05) is 60.2 Å². The minimum Gasteiger partial charge on any atom is -0.381 e. The van der Waals surface area contributed by atoms with Gasteiger partial charge >= 0.3 is 0 Å². The first kappa shape index (κ1) is 15.2. The Balaban J connectivity index is 1.88. The maximum atomic E-state index is 9.29. The van der Waals surface area contributed by atoms with Crippen LogP contribution < -0.4 is 0 Å². The van der Waals surface area contributed by atoms with Crippen molar-refractivity contribution < 1.29 is 5.11 Å². The van der Waals surface area contributed by atoms with Crippen LogP contribution in [0.2, 0.25) is 0 Å². The first-order valence-electron chi connectivity index (χ1n) is 7.96. The molecule has 2 aromatic carbocycles. The highest BCUT2D eigenvalue weighted by molar-refractivity contribution is 5.33. The number of nitrogens with zero attached hydrogens (tertiary/aromatic N) is 2. The van der Waals surface area contributed by atoms with Gasteiger partial charge in [0, 0.05) is 26.2 Å². The molecule has 1 heterocycles. The quantitative estimate of drug-likeness (QED) is 0.939. The summed E-state index contributed by atoms with van der Waals surface area (Å²) in [5, 5.41) is 9.29. The van der Waals surface area contributed by atoms with Crippen molar-refractivity contribution in [3.8, 4) is 0 Å². The van der Waals surface area contributed by atoms with E-state index < -0.39 is 0 Å². The minimum absolute atomic E-state index is 0.161. The second kappa shape index (κ2) is 7.05. The SMILES string of the molecule is Cc1ccc(C(c2ccccc2)N2CCN(CO)CC2)cc1. The number of piperazine rings is 1. The van der Waals surface area contributed by atoms with Crippen molar-refractivity contribution in [1.82, 2.24) is 9.80 Å². The van der Waals surface area contributed by atoms with E-state index >= 15 is 0 Å². The standard InChI is InChI=1S/C19H24N2O/c1-16-7-9-18(10-8-16)19(17-5-3-2-4-6-17)21-13-11-20(15-22)12-14-21/h2-10,19,22H,11-15H2,1H3. The van der Waals surface area contributed by atoms with Gasteiger partial charge in [0.1, 0.15) is 0 Å². The molecule has 0 radical (unpaired) electrons. The van der Waals surface area contributed by atoms with Crippen molar-refractivity contribution in [2.75, 3.05) is 32.9 Å². The van der Waals surface area contributed by atoms with Crippen LogP contribution in [0.15, 0.2) is 54.6 Å². The van der Waals surface area contributed by atoms with Gasteiger partial charge in [-0.05, 0) is 18.1 Å². The van der Waals surface area contributed by atoms with E-state index in [0.717, 1.165) is 26.2 Å². The third-order valence-electron chi connectivity index (χ3n) is 4.48. The number of aliphatic hydroxyl groups is 1. The molecule has 1 N–H and O–H groups in total. The average molecular weight is 296 g/mol. The second-order valence-electron chi connectivity index (χ2n) is 6.02. The summed E-state index contributed by atoms with van der Waals surface area (Å²) in [7, 11) is 0. The third-order valence-corrected chi connectivity index (χ3v) is 4.48. The molecule has 0 spiro atoms. The lowest BCUT2D eigenvalue weighted by Gasteiger charge is -2.39. The Morgan fingerprint density at radius 2 is 1.45 bits per heavy atom. The Hall–Kier alpha value is -1.68. The number of hydrogen-bond acceptors (Lipinski definition) is 3. The zero-order chi connectivity index (χ0) is 15.4. The fraction of sp³-hybridized carbons (Fsp3) is 0.368. The van der Waals surface area contributed by atoms with E-state index in [2.05, 4.69) is 71.3 Å². The molecule has 1 aliphatic rings. The van der Waals surface area contributed by atoms with Gasteiger partial charge in [0.25, 0.3) is 0 Å². The van der Waals surface area contributed by atoms with Gasteiger partial charge in [0.2, 0.25) is 0 Å². The van der Waals surface area contributed by atoms with Gasteiger partial charge in [-0.15, -0.1) is 0 Å². The lowest BCUT2D eigenvalue weighted by Crippen LogP contribution is -2.48. The van der Waals surface area contributed by atoms with E-state index in [0.29, 0.717) is 6.04 Å². The van der Waals surface area contributed by atoms with Crippen molar-refractivity contribution in [3.05, 3.63) is 71.3 Å². The Morgan fingerprint density at radius 1 is 0.864 bits per heavy atom. The van der Waals surface area contributed by atoms with Crippen LogP contribution in [0.3, 0.4) is 0 Å². The Bertz CT molecular complexity index is 574. The lowest BCUT2D eigenvalue weighted by molar-refractivity contribution is 0.0439. The summed E-state index contributed by atoms with van der Waals surface area (Å²) in [4.78, 5) is 4.61. The Labute approximate surface area is 132 Å². The topological polar surface area (TPSA) is 26.7 Å². The molecule has 1 aliphatic heterocycles. The lowest BCUT2D eigenvalue weighted by atomic mass is 9.95. The van der Waals surface area contributed by atoms with E-state index in [1.807, 2.05) is 0 Å². The highest BCUT2D eigenvalue weighted by Gasteiger charge is 2.25. The summed E-state index contributed by atoms with van der Waals surface area (Å²) in [6.07, 6.45) is 0. The van der Waals surface area contributed by atoms with Gasteiger partial charge in [0.05, 0.1) is 12.8 Å². The molecule has 1 fully saturated rings. The molecule has 0 bridgehead atoms. The van der Waals surface area contributed by atoms with Crippen molar-refractivity contribution in [2.45, 2.75) is 13.0 Å². The first-order valence-corrected chi connectivity index (χ1v) is 7.96. The zero-order valence-corrected chi connectivity index (χ0v) is 13.2. The van der Waals surface area contributed by atoms with Gasteiger partial charge in [0.15, 0.2) is 0 Å². The van der Waals surface area contributed by atoms with E-state index in [9.17, 15) is 5.11 Å². The average Bonchev–Trinajstić information content (AvgIpc) is 2.58. The van der Waals surface area contributed by atoms with Crippen LogP contribution in [-0.2, 0) is 0 Å². The maximum Gasteiger partial charge on any atom is 0.0957 e. The third kappa shape index (κ3) is 3.38. The van der Waals surface area contributed by atoms with E-state index in [4.69, 9.17) is 0 Å². The van der Waals surface area contributed by atoms with Gasteiger partial charge in [-0.25, -0.2) is 0 Å². The fourth-order valence-electron chi connectivity index (χ4n) is 3.16. The summed E-state index contributed by atoms with van der Waals surface area (Å²) in [5.74, 6) is 0. The van der Waals surface area contributed by atoms with E-state index in [1.54, 1.807) is 0 Å². The summed E-state index contributed by atoms with van der Waals surface area (Å²) < 4.78 is 0. The molecule has 0 aliphatic carbocycles. The smallest absolute Gasteiger partial charge is 0.0957 e. The molecular formula is C19H24N2O. The first-order chi connectivity index (χ1) is 10.8. The molecule has 2 aromatic rings. The summed E-state index contributed by atoms with van der Waals surface area (Å²) >= 11 is 0. The molecule has 1 saturated heterocycles. The molecule has 22 heavy (non-hydrogen) atoms. The monoisotopic (exact) mass is 296 g/mol. The predicted molar refractivity (Wildman–Crippen MR) is 89.7 cm³/mol. The number of aryl methyl sites for hydroxylation is 1. The second-order valence-corrected chi connectivity index (χ2v) is 6.02. The number of benzene rings is 2. The Kier molecular flexibility index (Phi) is 4.88. The fourth-order valence-corrected chi connectivity index (χ4v) is 3.16. The number of hydrogen-bond donors (Lipinski definition) is 1.